The van der Waals surface area contributed by atoms with E-state index in [9.17, 15) is 0 Å². The molecular weight excluding hydrogens is 340 g/mol. The molecule has 3 nitrogen and oxygen atoms in total. The summed E-state index contributed by atoms with van der Waals surface area (Å²) in [7, 11) is 1.69. The predicted octanol–water partition coefficient (Wildman–Crippen LogP) is 4.80. The Morgan fingerprint density at radius 2 is 1.92 bits per heavy atom. The van der Waals surface area contributed by atoms with E-state index in [1.165, 1.54) is 5.56 Å². The molecule has 128 valence electrons. The molecule has 0 saturated heterocycles. The van der Waals surface area contributed by atoms with Crippen LogP contribution >= 0.6 is 23.8 Å². The van der Waals surface area contributed by atoms with E-state index in [4.69, 9.17) is 28.6 Å². The molecule has 0 atom stereocenters. The third-order valence-electron chi connectivity index (χ3n) is 3.73. The number of rotatable bonds is 6. The number of aryl methyl sites for hydroxylation is 2. The largest absolute Gasteiger partial charge is 0.383 e. The van der Waals surface area contributed by atoms with Crippen molar-refractivity contribution in [2.24, 2.45) is 0 Å². The Hall–Kier alpha value is -1.62. The van der Waals surface area contributed by atoms with Gasteiger partial charge in [0.15, 0.2) is 5.11 Å². The van der Waals surface area contributed by atoms with Gasteiger partial charge in [0.2, 0.25) is 0 Å². The molecule has 2 rings (SSSR count). The number of hydrogen-bond donors (Lipinski definition) is 1. The number of ether oxygens (including phenoxy) is 1. The van der Waals surface area contributed by atoms with E-state index >= 15 is 0 Å². The van der Waals surface area contributed by atoms with Crippen molar-refractivity contribution in [1.29, 1.82) is 0 Å². The van der Waals surface area contributed by atoms with Crippen molar-refractivity contribution in [3.8, 4) is 0 Å². The van der Waals surface area contributed by atoms with Crippen molar-refractivity contribution in [3.63, 3.8) is 0 Å². The minimum absolute atomic E-state index is 0.606. The fourth-order valence-corrected chi connectivity index (χ4v) is 3.14. The number of methoxy groups -OCH3 is 1. The maximum atomic E-state index is 6.38. The zero-order valence-corrected chi connectivity index (χ0v) is 15.9. The maximum absolute atomic E-state index is 6.38. The molecule has 0 aliphatic heterocycles. The minimum atomic E-state index is 0.606. The summed E-state index contributed by atoms with van der Waals surface area (Å²) in [5.41, 5.74) is 4.27. The Morgan fingerprint density at radius 3 is 2.54 bits per heavy atom. The van der Waals surface area contributed by atoms with Crippen LogP contribution in [0.4, 0.5) is 5.69 Å². The highest BCUT2D eigenvalue weighted by atomic mass is 35.5. The molecule has 0 amide bonds. The van der Waals surface area contributed by atoms with Crippen LogP contribution in [-0.2, 0) is 11.3 Å². The van der Waals surface area contributed by atoms with Crippen molar-refractivity contribution in [2.75, 3.05) is 25.6 Å². The fraction of sp³-hybridized carbons (Fsp3) is 0.316. The quantitative estimate of drug-likeness (QED) is 0.746. The molecule has 0 radical (unpaired) electrons. The monoisotopic (exact) mass is 362 g/mol. The lowest BCUT2D eigenvalue weighted by atomic mass is 10.1. The number of nitrogens with zero attached hydrogens (tertiary/aromatic N) is 1. The summed E-state index contributed by atoms with van der Waals surface area (Å²) in [6.45, 7) is 6.09. The molecule has 0 aromatic heterocycles. The van der Waals surface area contributed by atoms with Crippen molar-refractivity contribution in [1.82, 2.24) is 4.90 Å². The van der Waals surface area contributed by atoms with E-state index in [0.717, 1.165) is 23.4 Å². The third-order valence-corrected chi connectivity index (χ3v) is 4.39. The van der Waals surface area contributed by atoms with Crippen LogP contribution in [0.2, 0.25) is 5.02 Å². The number of thiocarbonyl (C=S) groups is 1. The minimum Gasteiger partial charge on any atom is -0.383 e. The van der Waals surface area contributed by atoms with Gasteiger partial charge in [0.25, 0.3) is 0 Å². The van der Waals surface area contributed by atoms with Gasteiger partial charge >= 0.3 is 0 Å². The van der Waals surface area contributed by atoms with Crippen LogP contribution in [0.25, 0.3) is 0 Å². The molecule has 0 fully saturated rings. The lowest BCUT2D eigenvalue weighted by Gasteiger charge is -2.26. The van der Waals surface area contributed by atoms with Gasteiger partial charge in [-0.3, -0.25) is 0 Å². The zero-order valence-electron chi connectivity index (χ0n) is 14.3. The molecule has 0 saturated carbocycles. The van der Waals surface area contributed by atoms with Crippen LogP contribution in [0, 0.1) is 13.8 Å². The van der Waals surface area contributed by atoms with Crippen LogP contribution in [0.3, 0.4) is 0 Å². The molecule has 0 aliphatic carbocycles. The second-order valence-electron chi connectivity index (χ2n) is 5.77. The molecule has 5 heteroatoms. The summed E-state index contributed by atoms with van der Waals surface area (Å²) in [6.07, 6.45) is 0. The van der Waals surface area contributed by atoms with Gasteiger partial charge in [-0.15, -0.1) is 0 Å². The van der Waals surface area contributed by atoms with Crippen molar-refractivity contribution >= 4 is 34.6 Å². The van der Waals surface area contributed by atoms with Gasteiger partial charge in [-0.2, -0.15) is 0 Å². The molecule has 0 aliphatic rings. The van der Waals surface area contributed by atoms with Crippen LogP contribution in [0.15, 0.2) is 42.5 Å². The van der Waals surface area contributed by atoms with Crippen molar-refractivity contribution in [2.45, 2.75) is 20.4 Å². The fourth-order valence-electron chi connectivity index (χ4n) is 2.52. The van der Waals surface area contributed by atoms with Crippen LogP contribution in [-0.4, -0.2) is 30.3 Å². The molecule has 0 heterocycles. The molecule has 0 bridgehead atoms. The summed E-state index contributed by atoms with van der Waals surface area (Å²) >= 11 is 12.0. The molecule has 2 aromatic carbocycles. The Bertz CT molecular complexity index is 668. The highest BCUT2D eigenvalue weighted by Crippen LogP contribution is 2.27. The first kappa shape index (κ1) is 18.7. The summed E-state index contributed by atoms with van der Waals surface area (Å²) in [5.74, 6) is 0. The Kier molecular flexibility index (Phi) is 7.03. The second kappa shape index (κ2) is 9.02. The third kappa shape index (κ3) is 5.20. The SMILES string of the molecule is COCCN(Cc1ccccc1)C(=S)Nc1c(C)cc(C)cc1Cl. The number of hydrogen-bond acceptors (Lipinski definition) is 2. The molecule has 24 heavy (non-hydrogen) atoms. The number of nitrogens with one attached hydrogen (secondary N) is 1. The average Bonchev–Trinajstić information content (AvgIpc) is 2.55. The van der Waals surface area contributed by atoms with Gasteiger partial charge in [-0.25, -0.2) is 0 Å². The normalized spacial score (nSPS) is 10.5. The number of anilines is 1. The van der Waals surface area contributed by atoms with E-state index in [-0.39, 0.29) is 0 Å². The van der Waals surface area contributed by atoms with Gasteiger partial charge in [-0.05, 0) is 48.8 Å². The smallest absolute Gasteiger partial charge is 0.173 e. The average molecular weight is 363 g/mol. The van der Waals surface area contributed by atoms with Crippen molar-refractivity contribution in [3.05, 3.63) is 64.2 Å². The Labute approximate surface area is 154 Å². The zero-order chi connectivity index (χ0) is 17.5. The molecule has 1 N–H and O–H groups in total. The molecular formula is C19H23ClN2OS. The lowest BCUT2D eigenvalue weighted by Crippen LogP contribution is -2.36. The van der Waals surface area contributed by atoms with Crippen molar-refractivity contribution < 1.29 is 4.74 Å². The van der Waals surface area contributed by atoms with Crippen LogP contribution in [0.1, 0.15) is 16.7 Å². The summed E-state index contributed by atoms with van der Waals surface area (Å²) in [5, 5.41) is 4.63. The van der Waals surface area contributed by atoms with E-state index in [2.05, 4.69) is 28.4 Å². The van der Waals surface area contributed by atoms with Gasteiger partial charge < -0.3 is 15.0 Å². The Balaban J connectivity index is 2.15. The van der Waals surface area contributed by atoms with E-state index in [1.54, 1.807) is 7.11 Å². The summed E-state index contributed by atoms with van der Waals surface area (Å²) in [4.78, 5) is 2.09. The van der Waals surface area contributed by atoms with Crippen LogP contribution in [0.5, 0.6) is 0 Å². The first-order valence-corrected chi connectivity index (χ1v) is 8.65. The standard InChI is InChI=1S/C19H23ClN2OS/c1-14-11-15(2)18(17(20)12-14)21-19(24)22(9-10-23-3)13-16-7-5-4-6-8-16/h4-8,11-12H,9-10,13H2,1-3H3,(H,21,24). The topological polar surface area (TPSA) is 24.5 Å². The first-order valence-electron chi connectivity index (χ1n) is 7.87. The number of benzene rings is 2. The highest BCUT2D eigenvalue weighted by molar-refractivity contribution is 7.80. The van der Waals surface area contributed by atoms with Crippen LogP contribution < -0.4 is 5.32 Å². The number of halogens is 1. The molecule has 0 spiro atoms. The van der Waals surface area contributed by atoms with E-state index in [1.807, 2.05) is 38.1 Å². The first-order chi connectivity index (χ1) is 11.5. The summed E-state index contributed by atoms with van der Waals surface area (Å²) < 4.78 is 5.22. The van der Waals surface area contributed by atoms with E-state index < -0.39 is 0 Å². The van der Waals surface area contributed by atoms with Gasteiger partial charge in [0, 0.05) is 20.2 Å². The van der Waals surface area contributed by atoms with Gasteiger partial charge in [0.1, 0.15) is 0 Å². The van der Waals surface area contributed by atoms with E-state index in [0.29, 0.717) is 23.3 Å². The molecule has 2 aromatic rings. The summed E-state index contributed by atoms with van der Waals surface area (Å²) in [6, 6.07) is 14.3. The predicted molar refractivity (Wildman–Crippen MR) is 106 cm³/mol. The Morgan fingerprint density at radius 1 is 1.21 bits per heavy atom. The van der Waals surface area contributed by atoms with Gasteiger partial charge in [0.05, 0.1) is 17.3 Å². The highest BCUT2D eigenvalue weighted by Gasteiger charge is 2.13. The lowest BCUT2D eigenvalue weighted by molar-refractivity contribution is 0.175. The maximum Gasteiger partial charge on any atom is 0.173 e. The second-order valence-corrected chi connectivity index (χ2v) is 6.56. The van der Waals surface area contributed by atoms with Gasteiger partial charge in [-0.1, -0.05) is 48.0 Å². The molecule has 0 unspecified atom stereocenters.